The number of benzene rings is 1. The quantitative estimate of drug-likeness (QED) is 0.682. The normalized spacial score (nSPS) is 14.9. The molecule has 0 atom stereocenters. The van der Waals surface area contributed by atoms with Crippen LogP contribution in [0.5, 0.6) is 0 Å². The maximum atomic E-state index is 12.5. The summed E-state index contributed by atoms with van der Waals surface area (Å²) in [7, 11) is 0. The fourth-order valence-electron chi connectivity index (χ4n) is 3.43. The molecule has 0 bridgehead atoms. The Kier molecular flexibility index (Phi) is 7.71. The summed E-state index contributed by atoms with van der Waals surface area (Å²) >= 11 is 1.40. The van der Waals surface area contributed by atoms with Crippen LogP contribution in [0.25, 0.3) is 0 Å². The first-order valence-corrected chi connectivity index (χ1v) is 11.1. The van der Waals surface area contributed by atoms with E-state index >= 15 is 0 Å². The Morgan fingerprint density at radius 2 is 1.86 bits per heavy atom. The van der Waals surface area contributed by atoms with E-state index in [0.29, 0.717) is 11.0 Å². The van der Waals surface area contributed by atoms with Gasteiger partial charge in [-0.2, -0.15) is 0 Å². The van der Waals surface area contributed by atoms with E-state index in [1.54, 1.807) is 0 Å². The second kappa shape index (κ2) is 10.5. The molecule has 1 aromatic carbocycles. The third-order valence-corrected chi connectivity index (χ3v) is 5.84. The first-order valence-electron chi connectivity index (χ1n) is 10.3. The molecule has 1 fully saturated rings. The summed E-state index contributed by atoms with van der Waals surface area (Å²) in [5, 5.41) is 12.3. The first kappa shape index (κ1) is 21.4. The standard InChI is InChI=1S/C21H29N5O2S/c1-16(2)14-19-23-24-21(29-19)22-18(27)8-9-20(28)26-12-10-25(11-13-26)15-17-6-4-3-5-7-17/h3-7,16H,8-15H2,1-2H3,(H,22,24,27)/p+1. The van der Waals surface area contributed by atoms with Crippen molar-refractivity contribution >= 4 is 28.3 Å². The molecule has 2 aromatic rings. The van der Waals surface area contributed by atoms with Gasteiger partial charge in [0.1, 0.15) is 11.6 Å². The Labute approximate surface area is 176 Å². The fourth-order valence-corrected chi connectivity index (χ4v) is 4.40. The third kappa shape index (κ3) is 6.90. The Balaban J connectivity index is 1.36. The van der Waals surface area contributed by atoms with Crippen molar-refractivity contribution in [2.75, 3.05) is 31.5 Å². The molecule has 1 aromatic heterocycles. The number of carbonyl (C=O) groups is 2. The number of hydrogen-bond acceptors (Lipinski definition) is 5. The summed E-state index contributed by atoms with van der Waals surface area (Å²) in [6, 6.07) is 10.4. The molecular formula is C21H30N5O2S+. The number of hydrogen-bond donors (Lipinski definition) is 2. The number of aromatic nitrogens is 2. The summed E-state index contributed by atoms with van der Waals surface area (Å²) in [6.45, 7) is 8.61. The highest BCUT2D eigenvalue weighted by molar-refractivity contribution is 7.15. The highest BCUT2D eigenvalue weighted by Crippen LogP contribution is 2.18. The molecule has 1 aliphatic heterocycles. The molecule has 0 spiro atoms. The molecule has 8 heteroatoms. The predicted molar refractivity (Wildman–Crippen MR) is 114 cm³/mol. The van der Waals surface area contributed by atoms with Gasteiger partial charge in [0.25, 0.3) is 0 Å². The molecule has 2 N–H and O–H groups in total. The second-order valence-electron chi connectivity index (χ2n) is 7.94. The highest BCUT2D eigenvalue weighted by Gasteiger charge is 2.24. The van der Waals surface area contributed by atoms with Gasteiger partial charge in [-0.3, -0.25) is 9.59 Å². The number of amides is 2. The van der Waals surface area contributed by atoms with Gasteiger partial charge in [-0.15, -0.1) is 10.2 Å². The van der Waals surface area contributed by atoms with Crippen LogP contribution in [-0.4, -0.2) is 53.1 Å². The SMILES string of the molecule is CC(C)Cc1nnc(NC(=O)CCC(=O)N2CC[NH+](Cc3ccccc3)CC2)s1. The minimum atomic E-state index is -0.182. The Morgan fingerprint density at radius 1 is 1.14 bits per heavy atom. The number of nitrogens with one attached hydrogen (secondary N) is 2. The molecule has 2 amide bonds. The van der Waals surface area contributed by atoms with Crippen LogP contribution in [0, 0.1) is 5.92 Å². The minimum absolute atomic E-state index is 0.0525. The van der Waals surface area contributed by atoms with Crippen molar-refractivity contribution in [3.8, 4) is 0 Å². The van der Waals surface area contributed by atoms with Crippen LogP contribution in [0.3, 0.4) is 0 Å². The van der Waals surface area contributed by atoms with Gasteiger partial charge in [-0.05, 0) is 5.92 Å². The summed E-state index contributed by atoms with van der Waals surface area (Å²) in [5.74, 6) is 0.370. The Bertz CT molecular complexity index is 800. The van der Waals surface area contributed by atoms with Gasteiger partial charge < -0.3 is 15.1 Å². The molecular weight excluding hydrogens is 386 g/mol. The van der Waals surface area contributed by atoms with E-state index in [2.05, 4.69) is 53.6 Å². The molecule has 1 aliphatic rings. The lowest BCUT2D eigenvalue weighted by Crippen LogP contribution is -3.13. The van der Waals surface area contributed by atoms with Crippen LogP contribution in [0.2, 0.25) is 0 Å². The smallest absolute Gasteiger partial charge is 0.226 e. The number of rotatable bonds is 8. The zero-order valence-electron chi connectivity index (χ0n) is 17.2. The molecule has 7 nitrogen and oxygen atoms in total. The van der Waals surface area contributed by atoms with E-state index in [4.69, 9.17) is 0 Å². The van der Waals surface area contributed by atoms with Gasteiger partial charge in [0.2, 0.25) is 16.9 Å². The highest BCUT2D eigenvalue weighted by atomic mass is 32.1. The van der Waals surface area contributed by atoms with Gasteiger partial charge in [0, 0.05) is 24.8 Å². The monoisotopic (exact) mass is 416 g/mol. The lowest BCUT2D eigenvalue weighted by Gasteiger charge is -2.32. The van der Waals surface area contributed by atoms with Gasteiger partial charge in [0.05, 0.1) is 26.2 Å². The van der Waals surface area contributed by atoms with Crippen molar-refractivity contribution in [3.05, 3.63) is 40.9 Å². The molecule has 156 valence electrons. The largest absolute Gasteiger partial charge is 0.331 e. The zero-order valence-corrected chi connectivity index (χ0v) is 18.0. The average Bonchev–Trinajstić information content (AvgIpc) is 3.13. The zero-order chi connectivity index (χ0) is 20.6. The van der Waals surface area contributed by atoms with E-state index in [-0.39, 0.29) is 24.7 Å². The molecule has 3 rings (SSSR count). The summed E-state index contributed by atoms with van der Waals surface area (Å²) in [5.41, 5.74) is 1.33. The summed E-state index contributed by atoms with van der Waals surface area (Å²) in [6.07, 6.45) is 1.26. The van der Waals surface area contributed by atoms with Crippen LogP contribution < -0.4 is 10.2 Å². The van der Waals surface area contributed by atoms with Gasteiger partial charge >= 0.3 is 0 Å². The van der Waals surface area contributed by atoms with Crippen molar-refractivity contribution in [3.63, 3.8) is 0 Å². The minimum Gasteiger partial charge on any atom is -0.331 e. The molecule has 1 saturated heterocycles. The van der Waals surface area contributed by atoms with Gasteiger partial charge in [-0.25, -0.2) is 0 Å². The van der Waals surface area contributed by atoms with Crippen molar-refractivity contribution < 1.29 is 14.5 Å². The Hall–Kier alpha value is -2.32. The molecule has 29 heavy (non-hydrogen) atoms. The number of piperazine rings is 1. The van der Waals surface area contributed by atoms with Gasteiger partial charge in [0.15, 0.2) is 0 Å². The third-order valence-electron chi connectivity index (χ3n) is 4.98. The summed E-state index contributed by atoms with van der Waals surface area (Å²) in [4.78, 5) is 28.0. The number of nitrogens with zero attached hydrogens (tertiary/aromatic N) is 3. The van der Waals surface area contributed by atoms with E-state index in [0.717, 1.165) is 44.2 Å². The van der Waals surface area contributed by atoms with Gasteiger partial charge in [-0.1, -0.05) is 55.5 Å². The van der Waals surface area contributed by atoms with Crippen LogP contribution in [0.15, 0.2) is 30.3 Å². The van der Waals surface area contributed by atoms with Crippen molar-refractivity contribution in [2.45, 2.75) is 39.7 Å². The van der Waals surface area contributed by atoms with Crippen LogP contribution in [0.4, 0.5) is 5.13 Å². The van der Waals surface area contributed by atoms with Crippen LogP contribution >= 0.6 is 11.3 Å². The number of quaternary nitrogens is 1. The van der Waals surface area contributed by atoms with E-state index in [1.807, 2.05) is 11.0 Å². The van der Waals surface area contributed by atoms with Crippen molar-refractivity contribution in [1.29, 1.82) is 0 Å². The number of anilines is 1. The first-order chi connectivity index (χ1) is 14.0. The maximum Gasteiger partial charge on any atom is 0.226 e. The van der Waals surface area contributed by atoms with E-state index in [9.17, 15) is 9.59 Å². The van der Waals surface area contributed by atoms with E-state index < -0.39 is 0 Å². The lowest BCUT2D eigenvalue weighted by atomic mass is 10.1. The fraction of sp³-hybridized carbons (Fsp3) is 0.524. The average molecular weight is 417 g/mol. The molecule has 0 aliphatic carbocycles. The number of carbonyl (C=O) groups excluding carboxylic acids is 2. The van der Waals surface area contributed by atoms with Crippen LogP contribution in [0.1, 0.15) is 37.3 Å². The molecule has 0 unspecified atom stereocenters. The second-order valence-corrected chi connectivity index (χ2v) is 9.00. The Morgan fingerprint density at radius 3 is 2.55 bits per heavy atom. The maximum absolute atomic E-state index is 12.5. The molecule has 0 radical (unpaired) electrons. The summed E-state index contributed by atoms with van der Waals surface area (Å²) < 4.78 is 0. The van der Waals surface area contributed by atoms with E-state index in [1.165, 1.54) is 21.8 Å². The predicted octanol–water partition coefficient (Wildman–Crippen LogP) is 1.38. The lowest BCUT2D eigenvalue weighted by molar-refractivity contribution is -0.917. The van der Waals surface area contributed by atoms with Crippen LogP contribution in [-0.2, 0) is 22.6 Å². The van der Waals surface area contributed by atoms with Crippen molar-refractivity contribution in [1.82, 2.24) is 15.1 Å². The van der Waals surface area contributed by atoms with Crippen molar-refractivity contribution in [2.24, 2.45) is 5.92 Å². The molecule has 0 saturated carbocycles. The molecule has 2 heterocycles. The topological polar surface area (TPSA) is 79.6 Å².